The molecule has 0 radical (unpaired) electrons. The van der Waals surface area contributed by atoms with Crippen LogP contribution in [0.4, 0.5) is 0 Å². The van der Waals surface area contributed by atoms with Crippen LogP contribution in [-0.2, 0) is 13.2 Å². The highest BCUT2D eigenvalue weighted by Crippen LogP contribution is 2.34. The van der Waals surface area contributed by atoms with E-state index in [0.717, 1.165) is 28.1 Å². The van der Waals surface area contributed by atoms with Crippen molar-refractivity contribution in [3.8, 4) is 11.5 Å². The summed E-state index contributed by atoms with van der Waals surface area (Å²) in [6.45, 7) is 4.02. The van der Waals surface area contributed by atoms with E-state index >= 15 is 0 Å². The molecule has 1 N–H and O–H groups in total. The SMILES string of the molecule is CCOc1cc(CNC2CCCCCCC2)c(Br)cc1OCc1ccccc1. The molecule has 4 heteroatoms. The number of rotatable bonds is 8. The second-order valence-electron chi connectivity index (χ2n) is 7.52. The fourth-order valence-electron chi connectivity index (χ4n) is 3.74. The summed E-state index contributed by atoms with van der Waals surface area (Å²) in [7, 11) is 0. The molecule has 1 aliphatic carbocycles. The summed E-state index contributed by atoms with van der Waals surface area (Å²) >= 11 is 3.74. The third-order valence-corrected chi connectivity index (χ3v) is 6.07. The van der Waals surface area contributed by atoms with Crippen molar-refractivity contribution in [1.29, 1.82) is 0 Å². The highest BCUT2D eigenvalue weighted by molar-refractivity contribution is 9.10. The first-order valence-corrected chi connectivity index (χ1v) is 11.4. The van der Waals surface area contributed by atoms with Crippen LogP contribution >= 0.6 is 15.9 Å². The quantitative estimate of drug-likeness (QED) is 0.494. The third kappa shape index (κ3) is 6.52. The van der Waals surface area contributed by atoms with E-state index in [0.29, 0.717) is 19.3 Å². The van der Waals surface area contributed by atoms with Crippen LogP contribution in [0.15, 0.2) is 46.9 Å². The summed E-state index contributed by atoms with van der Waals surface area (Å²) in [6, 6.07) is 15.0. The lowest BCUT2D eigenvalue weighted by molar-refractivity contribution is 0.268. The van der Waals surface area contributed by atoms with Crippen LogP contribution in [0.1, 0.15) is 63.0 Å². The highest BCUT2D eigenvalue weighted by Gasteiger charge is 2.14. The average Bonchev–Trinajstić information content (AvgIpc) is 2.69. The van der Waals surface area contributed by atoms with Gasteiger partial charge in [-0.15, -0.1) is 0 Å². The minimum Gasteiger partial charge on any atom is -0.490 e. The molecule has 0 saturated heterocycles. The number of ether oxygens (including phenoxy) is 2. The normalized spacial score (nSPS) is 15.6. The maximum Gasteiger partial charge on any atom is 0.162 e. The van der Waals surface area contributed by atoms with Crippen molar-refractivity contribution in [3.05, 3.63) is 58.1 Å². The molecule has 0 unspecified atom stereocenters. The van der Waals surface area contributed by atoms with Gasteiger partial charge in [-0.05, 0) is 43.0 Å². The molecule has 1 saturated carbocycles. The number of halogens is 1. The second-order valence-corrected chi connectivity index (χ2v) is 8.37. The Bertz CT molecular complexity index is 712. The molecular formula is C24H32BrNO2. The predicted molar refractivity (Wildman–Crippen MR) is 119 cm³/mol. The number of nitrogens with one attached hydrogen (secondary N) is 1. The summed E-state index contributed by atoms with van der Waals surface area (Å²) < 4.78 is 13.0. The minimum atomic E-state index is 0.535. The Morgan fingerprint density at radius 3 is 2.32 bits per heavy atom. The monoisotopic (exact) mass is 445 g/mol. The predicted octanol–water partition coefficient (Wildman–Crippen LogP) is 6.63. The van der Waals surface area contributed by atoms with Crippen LogP contribution in [0.25, 0.3) is 0 Å². The molecule has 3 nitrogen and oxygen atoms in total. The van der Waals surface area contributed by atoms with Crippen LogP contribution in [0.5, 0.6) is 11.5 Å². The molecular weight excluding hydrogens is 414 g/mol. The van der Waals surface area contributed by atoms with Gasteiger partial charge in [-0.25, -0.2) is 0 Å². The van der Waals surface area contributed by atoms with Crippen LogP contribution in [0.2, 0.25) is 0 Å². The summed E-state index contributed by atoms with van der Waals surface area (Å²) in [5, 5.41) is 3.77. The van der Waals surface area contributed by atoms with Gasteiger partial charge in [-0.3, -0.25) is 0 Å². The fraction of sp³-hybridized carbons (Fsp3) is 0.500. The van der Waals surface area contributed by atoms with Gasteiger partial charge in [-0.2, -0.15) is 0 Å². The van der Waals surface area contributed by atoms with Gasteiger partial charge in [0.25, 0.3) is 0 Å². The molecule has 0 amide bonds. The van der Waals surface area contributed by atoms with Crippen molar-refractivity contribution < 1.29 is 9.47 Å². The van der Waals surface area contributed by atoms with E-state index < -0.39 is 0 Å². The maximum absolute atomic E-state index is 6.06. The summed E-state index contributed by atoms with van der Waals surface area (Å²) in [5.74, 6) is 1.60. The molecule has 152 valence electrons. The largest absolute Gasteiger partial charge is 0.490 e. The maximum atomic E-state index is 6.06. The van der Waals surface area contributed by atoms with E-state index in [-0.39, 0.29) is 0 Å². The highest BCUT2D eigenvalue weighted by atomic mass is 79.9. The molecule has 2 aromatic carbocycles. The Labute approximate surface area is 178 Å². The molecule has 0 spiro atoms. The first-order chi connectivity index (χ1) is 13.8. The molecule has 0 aromatic heterocycles. The van der Waals surface area contributed by atoms with Gasteiger partial charge in [0.2, 0.25) is 0 Å². The molecule has 0 heterocycles. The van der Waals surface area contributed by atoms with Gasteiger partial charge in [0.1, 0.15) is 6.61 Å². The number of benzene rings is 2. The zero-order valence-electron chi connectivity index (χ0n) is 16.9. The Balaban J connectivity index is 1.65. The molecule has 1 fully saturated rings. The molecule has 0 aliphatic heterocycles. The van der Waals surface area contributed by atoms with Gasteiger partial charge in [0.15, 0.2) is 11.5 Å². The van der Waals surface area contributed by atoms with Crippen LogP contribution in [0.3, 0.4) is 0 Å². The van der Waals surface area contributed by atoms with Gasteiger partial charge in [0.05, 0.1) is 6.61 Å². The third-order valence-electron chi connectivity index (χ3n) is 5.34. The Morgan fingerprint density at radius 2 is 1.61 bits per heavy atom. The van der Waals surface area contributed by atoms with Crippen molar-refractivity contribution in [3.63, 3.8) is 0 Å². The Hall–Kier alpha value is -1.52. The topological polar surface area (TPSA) is 30.5 Å². The minimum absolute atomic E-state index is 0.535. The van der Waals surface area contributed by atoms with E-state index in [2.05, 4.69) is 39.4 Å². The van der Waals surface area contributed by atoms with Crippen molar-refractivity contribution >= 4 is 15.9 Å². The lowest BCUT2D eigenvalue weighted by Crippen LogP contribution is -2.29. The molecule has 0 atom stereocenters. The zero-order chi connectivity index (χ0) is 19.6. The lowest BCUT2D eigenvalue weighted by Gasteiger charge is -2.22. The van der Waals surface area contributed by atoms with Gasteiger partial charge in [-0.1, -0.05) is 78.4 Å². The second kappa shape index (κ2) is 11.5. The van der Waals surface area contributed by atoms with Gasteiger partial charge in [0, 0.05) is 17.1 Å². The van der Waals surface area contributed by atoms with Gasteiger partial charge >= 0.3 is 0 Å². The van der Waals surface area contributed by atoms with Crippen molar-refractivity contribution in [2.45, 2.75) is 71.1 Å². The Morgan fingerprint density at radius 1 is 0.929 bits per heavy atom. The lowest BCUT2D eigenvalue weighted by atomic mass is 9.96. The first-order valence-electron chi connectivity index (χ1n) is 10.6. The number of hydrogen-bond donors (Lipinski definition) is 1. The molecule has 2 aromatic rings. The van der Waals surface area contributed by atoms with E-state index in [4.69, 9.17) is 9.47 Å². The summed E-state index contributed by atoms with van der Waals surface area (Å²) in [5.41, 5.74) is 2.37. The van der Waals surface area contributed by atoms with Crippen molar-refractivity contribution in [1.82, 2.24) is 5.32 Å². The number of hydrogen-bond acceptors (Lipinski definition) is 3. The van der Waals surface area contributed by atoms with Crippen LogP contribution in [-0.4, -0.2) is 12.6 Å². The summed E-state index contributed by atoms with van der Waals surface area (Å²) in [6.07, 6.45) is 9.42. The zero-order valence-corrected chi connectivity index (χ0v) is 18.5. The molecule has 0 bridgehead atoms. The van der Waals surface area contributed by atoms with Crippen molar-refractivity contribution in [2.75, 3.05) is 6.61 Å². The van der Waals surface area contributed by atoms with Crippen LogP contribution < -0.4 is 14.8 Å². The van der Waals surface area contributed by atoms with E-state index in [1.165, 1.54) is 50.5 Å². The standard InChI is InChI=1S/C24H32BrNO2/c1-2-27-23-15-20(17-26-21-13-9-4-3-5-10-14-21)22(25)16-24(23)28-18-19-11-7-6-8-12-19/h6-8,11-12,15-16,21,26H,2-5,9-10,13-14,17-18H2,1H3. The van der Waals surface area contributed by atoms with Crippen molar-refractivity contribution in [2.24, 2.45) is 0 Å². The van der Waals surface area contributed by atoms with Gasteiger partial charge < -0.3 is 14.8 Å². The first kappa shape index (κ1) is 21.2. The Kier molecular flexibility index (Phi) is 8.69. The smallest absolute Gasteiger partial charge is 0.162 e. The molecule has 28 heavy (non-hydrogen) atoms. The molecule has 3 rings (SSSR count). The molecule has 1 aliphatic rings. The average molecular weight is 446 g/mol. The van der Waals surface area contributed by atoms with E-state index in [1.807, 2.05) is 31.2 Å². The van der Waals surface area contributed by atoms with E-state index in [9.17, 15) is 0 Å². The van der Waals surface area contributed by atoms with Crippen LogP contribution in [0, 0.1) is 0 Å². The summed E-state index contributed by atoms with van der Waals surface area (Å²) in [4.78, 5) is 0. The fourth-order valence-corrected chi connectivity index (χ4v) is 4.21. The van der Waals surface area contributed by atoms with E-state index in [1.54, 1.807) is 0 Å².